The van der Waals surface area contributed by atoms with Crippen LogP contribution < -0.4 is 0 Å². The fourth-order valence-corrected chi connectivity index (χ4v) is 4.19. The van der Waals surface area contributed by atoms with E-state index in [0.717, 1.165) is 18.4 Å². The molecule has 21 heavy (non-hydrogen) atoms. The Morgan fingerprint density at radius 1 is 0.952 bits per heavy atom. The van der Waals surface area contributed by atoms with Gasteiger partial charge in [-0.1, -0.05) is 35.9 Å². The van der Waals surface area contributed by atoms with Crippen molar-refractivity contribution in [3.05, 3.63) is 47.0 Å². The Morgan fingerprint density at radius 2 is 1.48 bits per heavy atom. The Morgan fingerprint density at radius 3 is 1.95 bits per heavy atom. The molecule has 2 fully saturated rings. The van der Waals surface area contributed by atoms with Gasteiger partial charge in [0.2, 0.25) is 11.8 Å². The van der Waals surface area contributed by atoms with Crippen molar-refractivity contribution in [1.82, 2.24) is 4.90 Å². The molecule has 1 aromatic rings. The van der Waals surface area contributed by atoms with Crippen molar-refractivity contribution in [2.75, 3.05) is 0 Å². The van der Waals surface area contributed by atoms with Gasteiger partial charge in [-0.25, -0.2) is 0 Å². The van der Waals surface area contributed by atoms with Crippen LogP contribution in [0, 0.1) is 23.7 Å². The summed E-state index contributed by atoms with van der Waals surface area (Å²) in [5.41, 5.74) is 0.944. The van der Waals surface area contributed by atoms with E-state index in [1.165, 1.54) is 4.90 Å². The molecular weight excluding hydrogens is 286 g/mol. The van der Waals surface area contributed by atoms with E-state index in [-0.39, 0.29) is 35.5 Å². The molecule has 4 atom stereocenters. The van der Waals surface area contributed by atoms with Gasteiger partial charge in [-0.05, 0) is 42.4 Å². The molecule has 1 heterocycles. The van der Waals surface area contributed by atoms with Gasteiger partial charge in [0.15, 0.2) is 0 Å². The highest BCUT2D eigenvalue weighted by molar-refractivity contribution is 6.30. The van der Waals surface area contributed by atoms with Crippen molar-refractivity contribution in [1.29, 1.82) is 0 Å². The molecule has 4 heteroatoms. The lowest BCUT2D eigenvalue weighted by molar-refractivity contribution is -0.140. The largest absolute Gasteiger partial charge is 0.278 e. The number of allylic oxidation sites excluding steroid dienone is 2. The monoisotopic (exact) mass is 301 g/mol. The number of carbonyl (C=O) groups excluding carboxylic acids is 2. The smallest absolute Gasteiger partial charge is 0.234 e. The molecule has 2 amide bonds. The minimum Gasteiger partial charge on any atom is -0.278 e. The lowest BCUT2D eigenvalue weighted by Gasteiger charge is -2.38. The summed E-state index contributed by atoms with van der Waals surface area (Å²) in [6.45, 7) is 0.362. The predicted octanol–water partition coefficient (Wildman–Crippen LogP) is 3.04. The number of carbonyl (C=O) groups is 2. The van der Waals surface area contributed by atoms with Crippen molar-refractivity contribution in [2.45, 2.75) is 19.4 Å². The number of amides is 2. The van der Waals surface area contributed by atoms with Crippen LogP contribution in [0.4, 0.5) is 0 Å². The van der Waals surface area contributed by atoms with Crippen molar-refractivity contribution in [3.8, 4) is 0 Å². The fourth-order valence-electron chi connectivity index (χ4n) is 4.06. The first kappa shape index (κ1) is 13.1. The lowest BCUT2D eigenvalue weighted by atomic mass is 9.63. The quantitative estimate of drug-likeness (QED) is 0.622. The van der Waals surface area contributed by atoms with Gasteiger partial charge in [-0.15, -0.1) is 0 Å². The standard InChI is InChI=1S/C17H16ClNO2/c18-13-7-1-10(2-8-13)9-19-16(20)14-11-3-4-12(6-5-11)15(14)17(19)21/h1-4,7-8,11-12,14-15H,5-6,9H2/t11-,12+,14-,15-/m0/s1. The first-order valence-electron chi connectivity index (χ1n) is 7.43. The number of hydrogen-bond acceptors (Lipinski definition) is 2. The summed E-state index contributed by atoms with van der Waals surface area (Å²) in [5.74, 6) is 0.304. The van der Waals surface area contributed by atoms with Crippen LogP contribution in [-0.2, 0) is 16.1 Å². The molecule has 0 N–H and O–H groups in total. The van der Waals surface area contributed by atoms with Crippen molar-refractivity contribution < 1.29 is 9.59 Å². The zero-order valence-corrected chi connectivity index (χ0v) is 12.3. The van der Waals surface area contributed by atoms with Crippen LogP contribution in [0.5, 0.6) is 0 Å². The number of nitrogens with zero attached hydrogens (tertiary/aromatic N) is 1. The van der Waals surface area contributed by atoms with E-state index in [9.17, 15) is 9.59 Å². The van der Waals surface area contributed by atoms with Crippen LogP contribution >= 0.6 is 11.6 Å². The molecule has 1 aromatic carbocycles. The minimum absolute atomic E-state index is 0.0130. The molecule has 1 saturated carbocycles. The summed E-state index contributed by atoms with van der Waals surface area (Å²) in [5, 5.41) is 0.661. The van der Waals surface area contributed by atoms with E-state index in [0.29, 0.717) is 11.6 Å². The number of rotatable bonds is 2. The third kappa shape index (κ3) is 1.95. The van der Waals surface area contributed by atoms with Gasteiger partial charge in [0.05, 0.1) is 18.4 Å². The molecule has 1 aliphatic heterocycles. The predicted molar refractivity (Wildman–Crippen MR) is 79.3 cm³/mol. The summed E-state index contributed by atoms with van der Waals surface area (Å²) in [7, 11) is 0. The molecule has 108 valence electrons. The Kier molecular flexibility index (Phi) is 2.93. The summed E-state index contributed by atoms with van der Waals surface area (Å²) in [6, 6.07) is 7.33. The zero-order chi connectivity index (χ0) is 14.6. The molecular formula is C17H16ClNO2. The third-order valence-electron chi connectivity index (χ3n) is 5.10. The van der Waals surface area contributed by atoms with Crippen LogP contribution in [0.3, 0.4) is 0 Å². The first-order valence-corrected chi connectivity index (χ1v) is 7.81. The van der Waals surface area contributed by atoms with E-state index in [2.05, 4.69) is 12.2 Å². The number of halogens is 1. The van der Waals surface area contributed by atoms with E-state index in [1.54, 1.807) is 12.1 Å². The Bertz CT molecular complexity index is 605. The van der Waals surface area contributed by atoms with Crippen molar-refractivity contribution >= 4 is 23.4 Å². The number of hydrogen-bond donors (Lipinski definition) is 0. The molecule has 4 aliphatic rings. The summed E-state index contributed by atoms with van der Waals surface area (Å²) < 4.78 is 0. The average Bonchev–Trinajstić information content (AvgIpc) is 2.78. The van der Waals surface area contributed by atoms with Gasteiger partial charge in [0.25, 0.3) is 0 Å². The highest BCUT2D eigenvalue weighted by Gasteiger charge is 2.56. The second-order valence-electron chi connectivity index (χ2n) is 6.23. The van der Waals surface area contributed by atoms with Crippen LogP contribution in [0.2, 0.25) is 5.02 Å². The molecule has 5 rings (SSSR count). The number of fused-ring (bicyclic) bond motifs is 1. The highest BCUT2D eigenvalue weighted by Crippen LogP contribution is 2.49. The van der Waals surface area contributed by atoms with E-state index < -0.39 is 0 Å². The zero-order valence-electron chi connectivity index (χ0n) is 11.5. The van der Waals surface area contributed by atoms with E-state index in [1.807, 2.05) is 12.1 Å². The summed E-state index contributed by atoms with van der Waals surface area (Å²) >= 11 is 5.88. The first-order chi connectivity index (χ1) is 10.1. The molecule has 0 unspecified atom stereocenters. The molecule has 3 nitrogen and oxygen atoms in total. The molecule has 0 spiro atoms. The highest BCUT2D eigenvalue weighted by atomic mass is 35.5. The van der Waals surface area contributed by atoms with Gasteiger partial charge in [-0.3, -0.25) is 14.5 Å². The Balaban J connectivity index is 1.61. The maximum absolute atomic E-state index is 12.7. The fraction of sp³-hybridized carbons (Fsp3) is 0.412. The van der Waals surface area contributed by atoms with Crippen LogP contribution in [0.1, 0.15) is 18.4 Å². The Hall–Kier alpha value is -1.61. The average molecular weight is 302 g/mol. The van der Waals surface area contributed by atoms with Gasteiger partial charge in [-0.2, -0.15) is 0 Å². The van der Waals surface area contributed by atoms with Crippen LogP contribution in [0.25, 0.3) is 0 Å². The van der Waals surface area contributed by atoms with Crippen LogP contribution in [-0.4, -0.2) is 16.7 Å². The van der Waals surface area contributed by atoms with Crippen molar-refractivity contribution in [2.24, 2.45) is 23.7 Å². The molecule has 0 aromatic heterocycles. The maximum atomic E-state index is 12.7. The molecule has 1 saturated heterocycles. The van der Waals surface area contributed by atoms with Gasteiger partial charge >= 0.3 is 0 Å². The summed E-state index contributed by atoms with van der Waals surface area (Å²) in [4.78, 5) is 26.8. The molecule has 2 bridgehead atoms. The van der Waals surface area contributed by atoms with E-state index >= 15 is 0 Å². The van der Waals surface area contributed by atoms with Gasteiger partial charge < -0.3 is 0 Å². The number of likely N-dealkylation sites (tertiary alicyclic amines) is 1. The lowest BCUT2D eigenvalue weighted by Crippen LogP contribution is -2.38. The van der Waals surface area contributed by atoms with Crippen molar-refractivity contribution in [3.63, 3.8) is 0 Å². The SMILES string of the molecule is O=C1[C@@H]2[C@@H](C(=O)N1Cc1ccc(Cl)cc1)[C@H]1C=C[C@@H]2CC1. The summed E-state index contributed by atoms with van der Waals surface area (Å²) in [6.07, 6.45) is 6.37. The maximum Gasteiger partial charge on any atom is 0.234 e. The second-order valence-corrected chi connectivity index (χ2v) is 6.67. The Labute approximate surface area is 128 Å². The molecule has 0 radical (unpaired) electrons. The number of benzene rings is 1. The molecule has 3 aliphatic carbocycles. The van der Waals surface area contributed by atoms with Crippen LogP contribution in [0.15, 0.2) is 36.4 Å². The van der Waals surface area contributed by atoms with E-state index in [4.69, 9.17) is 11.6 Å². The third-order valence-corrected chi connectivity index (χ3v) is 5.36. The van der Waals surface area contributed by atoms with Gasteiger partial charge in [0, 0.05) is 5.02 Å². The van der Waals surface area contributed by atoms with Gasteiger partial charge in [0.1, 0.15) is 0 Å². The minimum atomic E-state index is -0.117. The topological polar surface area (TPSA) is 37.4 Å². The number of imide groups is 1. The normalized spacial score (nSPS) is 33.7. The second kappa shape index (κ2) is 4.70.